The van der Waals surface area contributed by atoms with Crippen LogP contribution in [0.5, 0.6) is 0 Å². The van der Waals surface area contributed by atoms with Crippen LogP contribution in [0, 0.1) is 0 Å². The highest BCUT2D eigenvalue weighted by Crippen LogP contribution is 2.20. The molecule has 19 heavy (non-hydrogen) atoms. The van der Waals surface area contributed by atoms with Gasteiger partial charge in [0.05, 0.1) is 6.54 Å². The number of benzene rings is 1. The Balaban J connectivity index is 1.88. The van der Waals surface area contributed by atoms with E-state index in [0.717, 1.165) is 11.3 Å². The summed E-state index contributed by atoms with van der Waals surface area (Å²) in [6.45, 7) is 1.82. The first-order chi connectivity index (χ1) is 8.98. The zero-order valence-corrected chi connectivity index (χ0v) is 10.7. The summed E-state index contributed by atoms with van der Waals surface area (Å²) < 4.78 is 36.8. The number of nitrogens with zero attached hydrogens (tertiary/aromatic N) is 2. The molecule has 0 saturated carbocycles. The minimum Gasteiger partial charge on any atom is -0.369 e. The standard InChI is InChI=1S/C13H18F3N3/c14-13(15,16)10-18-5-7-19(8-6-18)12-3-1-11(9-17)2-4-12/h1-4H,5-10,17H2. The molecule has 0 atom stereocenters. The number of halogens is 3. The van der Waals surface area contributed by atoms with Crippen LogP contribution in [0.15, 0.2) is 24.3 Å². The lowest BCUT2D eigenvalue weighted by Gasteiger charge is -2.36. The fourth-order valence-electron chi connectivity index (χ4n) is 2.26. The highest BCUT2D eigenvalue weighted by molar-refractivity contribution is 5.48. The predicted octanol–water partition coefficient (Wildman–Crippen LogP) is 1.83. The first kappa shape index (κ1) is 14.1. The van der Waals surface area contributed by atoms with Crippen molar-refractivity contribution in [3.63, 3.8) is 0 Å². The van der Waals surface area contributed by atoms with Crippen molar-refractivity contribution in [3.05, 3.63) is 29.8 Å². The average molecular weight is 273 g/mol. The van der Waals surface area contributed by atoms with E-state index in [1.54, 1.807) is 0 Å². The molecule has 1 heterocycles. The van der Waals surface area contributed by atoms with Gasteiger partial charge in [-0.05, 0) is 17.7 Å². The van der Waals surface area contributed by atoms with Crippen LogP contribution in [0.3, 0.4) is 0 Å². The van der Waals surface area contributed by atoms with Gasteiger partial charge in [-0.2, -0.15) is 13.2 Å². The van der Waals surface area contributed by atoms with Gasteiger partial charge in [0.1, 0.15) is 0 Å². The molecule has 0 amide bonds. The van der Waals surface area contributed by atoms with E-state index in [-0.39, 0.29) is 0 Å². The molecule has 0 unspecified atom stereocenters. The number of piperazine rings is 1. The van der Waals surface area contributed by atoms with Crippen molar-refractivity contribution in [2.45, 2.75) is 12.7 Å². The summed E-state index contributed by atoms with van der Waals surface area (Å²) in [7, 11) is 0. The van der Waals surface area contributed by atoms with E-state index >= 15 is 0 Å². The number of nitrogens with two attached hydrogens (primary N) is 1. The summed E-state index contributed by atoms with van der Waals surface area (Å²) >= 11 is 0. The van der Waals surface area contributed by atoms with Gasteiger partial charge in [-0.15, -0.1) is 0 Å². The summed E-state index contributed by atoms with van der Waals surface area (Å²) in [4.78, 5) is 3.55. The van der Waals surface area contributed by atoms with Gasteiger partial charge >= 0.3 is 6.18 Å². The molecule has 1 aliphatic rings. The van der Waals surface area contributed by atoms with Gasteiger partial charge in [-0.1, -0.05) is 12.1 Å². The minimum atomic E-state index is -4.11. The lowest BCUT2D eigenvalue weighted by Crippen LogP contribution is -2.49. The lowest BCUT2D eigenvalue weighted by atomic mass is 10.2. The average Bonchev–Trinajstić information content (AvgIpc) is 2.38. The smallest absolute Gasteiger partial charge is 0.369 e. The Kier molecular flexibility index (Phi) is 4.31. The van der Waals surface area contributed by atoms with Crippen LogP contribution < -0.4 is 10.6 Å². The SMILES string of the molecule is NCc1ccc(N2CCN(CC(F)(F)F)CC2)cc1. The van der Waals surface area contributed by atoms with Crippen molar-refractivity contribution >= 4 is 5.69 Å². The van der Waals surface area contributed by atoms with Crippen molar-refractivity contribution in [1.82, 2.24) is 4.90 Å². The predicted molar refractivity (Wildman–Crippen MR) is 69.0 cm³/mol. The molecule has 6 heteroatoms. The van der Waals surface area contributed by atoms with E-state index < -0.39 is 12.7 Å². The molecule has 1 aromatic carbocycles. The third-order valence-electron chi connectivity index (χ3n) is 3.31. The van der Waals surface area contributed by atoms with Crippen molar-refractivity contribution in [2.75, 3.05) is 37.6 Å². The monoisotopic (exact) mass is 273 g/mol. The Morgan fingerprint density at radius 1 is 1.00 bits per heavy atom. The van der Waals surface area contributed by atoms with E-state index in [0.29, 0.717) is 32.7 Å². The van der Waals surface area contributed by atoms with Gasteiger partial charge < -0.3 is 10.6 Å². The quantitative estimate of drug-likeness (QED) is 0.912. The van der Waals surface area contributed by atoms with Crippen molar-refractivity contribution in [1.29, 1.82) is 0 Å². The van der Waals surface area contributed by atoms with Gasteiger partial charge in [-0.3, -0.25) is 4.90 Å². The minimum absolute atomic E-state index is 0.443. The summed E-state index contributed by atoms with van der Waals surface area (Å²) in [6, 6.07) is 7.86. The number of alkyl halides is 3. The fourth-order valence-corrected chi connectivity index (χ4v) is 2.26. The van der Waals surface area contributed by atoms with E-state index in [4.69, 9.17) is 5.73 Å². The number of hydrogen-bond donors (Lipinski definition) is 1. The zero-order valence-electron chi connectivity index (χ0n) is 10.7. The molecule has 1 aliphatic heterocycles. The van der Waals surface area contributed by atoms with E-state index in [2.05, 4.69) is 4.90 Å². The van der Waals surface area contributed by atoms with E-state index in [9.17, 15) is 13.2 Å². The first-order valence-electron chi connectivity index (χ1n) is 6.31. The van der Waals surface area contributed by atoms with Gasteiger partial charge in [0, 0.05) is 38.4 Å². The van der Waals surface area contributed by atoms with Gasteiger partial charge in [0.25, 0.3) is 0 Å². The Hall–Kier alpha value is -1.27. The topological polar surface area (TPSA) is 32.5 Å². The largest absolute Gasteiger partial charge is 0.401 e. The van der Waals surface area contributed by atoms with Crippen molar-refractivity contribution < 1.29 is 13.2 Å². The second kappa shape index (κ2) is 5.79. The Bertz CT molecular complexity index is 395. The molecule has 1 aromatic rings. The maximum absolute atomic E-state index is 12.3. The third kappa shape index (κ3) is 4.11. The molecule has 0 spiro atoms. The van der Waals surface area contributed by atoms with Crippen molar-refractivity contribution in [3.8, 4) is 0 Å². The van der Waals surface area contributed by atoms with Gasteiger partial charge in [0.15, 0.2) is 0 Å². The number of hydrogen-bond acceptors (Lipinski definition) is 3. The molecule has 0 aromatic heterocycles. The number of anilines is 1. The highest BCUT2D eigenvalue weighted by atomic mass is 19.4. The molecule has 2 N–H and O–H groups in total. The van der Waals surface area contributed by atoms with Crippen LogP contribution >= 0.6 is 0 Å². The molecular weight excluding hydrogens is 255 g/mol. The van der Waals surface area contributed by atoms with E-state index in [1.807, 2.05) is 24.3 Å². The number of rotatable bonds is 3. The maximum Gasteiger partial charge on any atom is 0.401 e. The van der Waals surface area contributed by atoms with Crippen LogP contribution in [0.1, 0.15) is 5.56 Å². The molecule has 1 fully saturated rings. The molecule has 3 nitrogen and oxygen atoms in total. The molecule has 2 rings (SSSR count). The maximum atomic E-state index is 12.3. The molecule has 0 bridgehead atoms. The summed E-state index contributed by atoms with van der Waals surface area (Å²) in [5.41, 5.74) is 7.63. The second-order valence-electron chi connectivity index (χ2n) is 4.75. The zero-order chi connectivity index (χ0) is 13.9. The second-order valence-corrected chi connectivity index (χ2v) is 4.75. The third-order valence-corrected chi connectivity index (χ3v) is 3.31. The molecule has 0 aliphatic carbocycles. The van der Waals surface area contributed by atoms with Crippen LogP contribution in [0.2, 0.25) is 0 Å². The first-order valence-corrected chi connectivity index (χ1v) is 6.31. The summed E-state index contributed by atoms with van der Waals surface area (Å²) in [6.07, 6.45) is -4.11. The molecule has 0 radical (unpaired) electrons. The van der Waals surface area contributed by atoms with Crippen LogP contribution in [-0.2, 0) is 6.54 Å². The molecule has 106 valence electrons. The Labute approximate surface area is 110 Å². The van der Waals surface area contributed by atoms with Gasteiger partial charge in [0.2, 0.25) is 0 Å². The van der Waals surface area contributed by atoms with E-state index in [1.165, 1.54) is 4.90 Å². The Morgan fingerprint density at radius 3 is 2.05 bits per heavy atom. The summed E-state index contributed by atoms with van der Waals surface area (Å²) in [5.74, 6) is 0. The van der Waals surface area contributed by atoms with Crippen LogP contribution in [0.4, 0.5) is 18.9 Å². The normalized spacial score (nSPS) is 17.8. The summed E-state index contributed by atoms with van der Waals surface area (Å²) in [5, 5.41) is 0. The fraction of sp³-hybridized carbons (Fsp3) is 0.538. The van der Waals surface area contributed by atoms with Gasteiger partial charge in [-0.25, -0.2) is 0 Å². The molecule has 1 saturated heterocycles. The Morgan fingerprint density at radius 2 is 1.58 bits per heavy atom. The highest BCUT2D eigenvalue weighted by Gasteiger charge is 2.32. The van der Waals surface area contributed by atoms with Crippen LogP contribution in [-0.4, -0.2) is 43.8 Å². The van der Waals surface area contributed by atoms with Crippen LogP contribution in [0.25, 0.3) is 0 Å². The van der Waals surface area contributed by atoms with Crippen molar-refractivity contribution in [2.24, 2.45) is 5.73 Å². The lowest BCUT2D eigenvalue weighted by molar-refractivity contribution is -0.146. The molecular formula is C13H18F3N3.